The van der Waals surface area contributed by atoms with Crippen LogP contribution in [0.3, 0.4) is 0 Å². The number of ether oxygens (including phenoxy) is 1. The van der Waals surface area contributed by atoms with Crippen LogP contribution in [-0.2, 0) is 19.6 Å². The molecule has 0 spiro atoms. The first-order valence-electron chi connectivity index (χ1n) is 8.00. The highest BCUT2D eigenvalue weighted by Gasteiger charge is 2.39. The fraction of sp³-hybridized carbons (Fsp3) is 0.867. The van der Waals surface area contributed by atoms with Crippen molar-refractivity contribution in [3.63, 3.8) is 0 Å². The normalized spacial score (nSPS) is 22.0. The summed E-state index contributed by atoms with van der Waals surface area (Å²) in [6.07, 6.45) is 5.75. The summed E-state index contributed by atoms with van der Waals surface area (Å²) in [7, 11) is -3.93. The summed E-state index contributed by atoms with van der Waals surface area (Å²) in [5, 5.41) is 1.16. The molecule has 1 unspecified atom stereocenters. The van der Waals surface area contributed by atoms with E-state index in [-0.39, 0.29) is 17.6 Å². The molecule has 1 aliphatic heterocycles. The lowest BCUT2D eigenvalue weighted by molar-refractivity contribution is -0.123. The molecule has 126 valence electrons. The van der Waals surface area contributed by atoms with Crippen LogP contribution >= 0.6 is 11.8 Å². The van der Waals surface area contributed by atoms with E-state index in [1.54, 1.807) is 11.8 Å². The van der Waals surface area contributed by atoms with Crippen LogP contribution in [0.5, 0.6) is 0 Å². The van der Waals surface area contributed by atoms with E-state index in [1.165, 1.54) is 0 Å². The van der Waals surface area contributed by atoms with Gasteiger partial charge in [-0.25, -0.2) is 0 Å². The van der Waals surface area contributed by atoms with E-state index in [4.69, 9.17) is 9.29 Å². The maximum Gasteiger partial charge on any atom is 0.264 e. The average molecular weight is 349 g/mol. The molecule has 0 amide bonds. The zero-order valence-electron chi connectivity index (χ0n) is 12.8. The number of ketones is 1. The van der Waals surface area contributed by atoms with Crippen molar-refractivity contribution in [2.24, 2.45) is 11.8 Å². The molecule has 0 aromatic carbocycles. The van der Waals surface area contributed by atoms with Crippen LogP contribution in [0.15, 0.2) is 0 Å². The van der Waals surface area contributed by atoms with E-state index < -0.39 is 10.1 Å². The van der Waals surface area contributed by atoms with Gasteiger partial charge in [0.15, 0.2) is 5.25 Å². The minimum Gasteiger partial charge on any atom is -0.338 e. The molecule has 1 saturated heterocycles. The Hall–Kier alpha value is -0.240. The quantitative estimate of drug-likeness (QED) is 0.536. The van der Waals surface area contributed by atoms with Gasteiger partial charge in [0.2, 0.25) is 6.61 Å². The third-order valence-electron chi connectivity index (χ3n) is 4.43. The first-order valence-corrected chi connectivity index (χ1v) is 10.6. The molecule has 1 aliphatic carbocycles. The van der Waals surface area contributed by atoms with Crippen molar-refractivity contribution < 1.29 is 22.5 Å². The Kier molecular flexibility index (Phi) is 7.05. The van der Waals surface area contributed by atoms with Crippen molar-refractivity contribution in [1.29, 1.82) is 0 Å². The maximum atomic E-state index is 12.4. The molecule has 1 N–H and O–H groups in total. The Labute approximate surface area is 137 Å². The van der Waals surface area contributed by atoms with E-state index in [2.05, 4.69) is 0 Å². The predicted octanol–water partition coefficient (Wildman–Crippen LogP) is 2.72. The van der Waals surface area contributed by atoms with Gasteiger partial charge >= 0.3 is 0 Å². The third-order valence-corrected chi connectivity index (χ3v) is 6.43. The van der Waals surface area contributed by atoms with Gasteiger partial charge in [0.25, 0.3) is 10.1 Å². The van der Waals surface area contributed by atoms with E-state index in [0.717, 1.165) is 43.3 Å². The van der Waals surface area contributed by atoms with Crippen molar-refractivity contribution in [3.05, 3.63) is 5.25 Å². The van der Waals surface area contributed by atoms with Gasteiger partial charge in [-0.3, -0.25) is 9.35 Å². The van der Waals surface area contributed by atoms with Crippen LogP contribution in [0.2, 0.25) is 0 Å². The molecule has 22 heavy (non-hydrogen) atoms. The molecular formula is C15H25O5S2+. The van der Waals surface area contributed by atoms with Gasteiger partial charge in [-0.05, 0) is 25.7 Å². The summed E-state index contributed by atoms with van der Waals surface area (Å²) >= 11 is 1.74. The van der Waals surface area contributed by atoms with Gasteiger partial charge in [0.1, 0.15) is 11.7 Å². The zero-order chi connectivity index (χ0) is 16.0. The second-order valence-corrected chi connectivity index (χ2v) is 8.94. The largest absolute Gasteiger partial charge is 0.338 e. The van der Waals surface area contributed by atoms with Crippen molar-refractivity contribution in [3.8, 4) is 0 Å². The van der Waals surface area contributed by atoms with Crippen molar-refractivity contribution >= 4 is 27.7 Å². The van der Waals surface area contributed by atoms with Gasteiger partial charge in [-0.1, -0.05) is 12.8 Å². The second-order valence-electron chi connectivity index (χ2n) is 6.14. The molecule has 0 bridgehead atoms. The summed E-state index contributed by atoms with van der Waals surface area (Å²) in [6, 6.07) is 0. The van der Waals surface area contributed by atoms with Crippen LogP contribution in [-0.4, -0.2) is 43.5 Å². The highest BCUT2D eigenvalue weighted by atomic mass is 32.2. The molecule has 2 rings (SSSR count). The number of carbonyl (C=O) groups is 1. The van der Waals surface area contributed by atoms with Crippen molar-refractivity contribution in [1.82, 2.24) is 0 Å². The lowest BCUT2D eigenvalue weighted by Crippen LogP contribution is -2.26. The fourth-order valence-electron chi connectivity index (χ4n) is 3.23. The van der Waals surface area contributed by atoms with Crippen LogP contribution in [0.4, 0.5) is 0 Å². The van der Waals surface area contributed by atoms with Gasteiger partial charge in [0.05, 0.1) is 36.3 Å². The monoisotopic (exact) mass is 349 g/mol. The van der Waals surface area contributed by atoms with E-state index >= 15 is 0 Å². The van der Waals surface area contributed by atoms with E-state index in [0.29, 0.717) is 31.7 Å². The first kappa shape index (κ1) is 18.1. The van der Waals surface area contributed by atoms with Crippen LogP contribution in [0, 0.1) is 17.1 Å². The first-order chi connectivity index (χ1) is 10.5. The highest BCUT2D eigenvalue weighted by Crippen LogP contribution is 2.38. The Bertz CT molecular complexity index is 451. The number of hydrogen-bond acceptors (Lipinski definition) is 5. The summed E-state index contributed by atoms with van der Waals surface area (Å²) in [6.45, 7) is 1.28. The number of hydrogen-bond donors (Lipinski definition) is 1. The fourth-order valence-corrected chi connectivity index (χ4v) is 4.83. The smallest absolute Gasteiger partial charge is 0.264 e. The Morgan fingerprint density at radius 1 is 1.36 bits per heavy atom. The SMILES string of the molecule is O=C(CC(CCCS(=O)(=O)O)[C+]1COCCS1)C1CCCC1. The molecule has 7 heteroatoms. The summed E-state index contributed by atoms with van der Waals surface area (Å²) in [4.78, 5) is 12.4. The molecule has 5 nitrogen and oxygen atoms in total. The van der Waals surface area contributed by atoms with Crippen LogP contribution in [0.25, 0.3) is 0 Å². The lowest BCUT2D eigenvalue weighted by Gasteiger charge is -2.20. The molecule has 1 atom stereocenters. The summed E-state index contributed by atoms with van der Waals surface area (Å²) < 4.78 is 36.1. The molecule has 1 saturated carbocycles. The molecule has 2 fully saturated rings. The number of Topliss-reactive ketones (excluding diaryl/α,β-unsaturated/α-hetero) is 1. The van der Waals surface area contributed by atoms with Gasteiger partial charge in [-0.15, -0.1) is 0 Å². The third kappa shape index (κ3) is 6.10. The van der Waals surface area contributed by atoms with Gasteiger partial charge in [-0.2, -0.15) is 8.42 Å². The molecular weight excluding hydrogens is 324 g/mol. The van der Waals surface area contributed by atoms with E-state index in [9.17, 15) is 13.2 Å². The van der Waals surface area contributed by atoms with Crippen molar-refractivity contribution in [2.75, 3.05) is 24.7 Å². The molecule has 1 heterocycles. The number of rotatable bonds is 8. The van der Waals surface area contributed by atoms with Crippen molar-refractivity contribution in [2.45, 2.75) is 44.9 Å². The molecule has 0 radical (unpaired) electrons. The molecule has 0 aromatic heterocycles. The Morgan fingerprint density at radius 3 is 2.68 bits per heavy atom. The standard InChI is InChI=1S/C15H24O5S2/c16-14(12-4-1-2-5-12)10-13(6-3-9-22(17,18)19)15-11-20-7-8-21-15/h12-13H,1-11H2/p+1. The lowest BCUT2D eigenvalue weighted by atomic mass is 9.88. The van der Waals surface area contributed by atoms with Crippen LogP contribution < -0.4 is 0 Å². The van der Waals surface area contributed by atoms with Crippen LogP contribution in [0.1, 0.15) is 44.9 Å². The number of thioether (sulfide) groups is 1. The Balaban J connectivity index is 1.89. The minimum absolute atomic E-state index is 0.0696. The molecule has 0 aromatic rings. The second kappa shape index (κ2) is 8.57. The number of carbonyl (C=O) groups excluding carboxylic acids is 1. The minimum atomic E-state index is -3.93. The Morgan fingerprint density at radius 2 is 2.09 bits per heavy atom. The van der Waals surface area contributed by atoms with E-state index in [1.807, 2.05) is 0 Å². The molecule has 2 aliphatic rings. The topological polar surface area (TPSA) is 80.7 Å². The summed E-state index contributed by atoms with van der Waals surface area (Å²) in [5.41, 5.74) is 0. The highest BCUT2D eigenvalue weighted by molar-refractivity contribution is 8.02. The zero-order valence-corrected chi connectivity index (χ0v) is 14.5. The predicted molar refractivity (Wildman–Crippen MR) is 87.2 cm³/mol. The summed E-state index contributed by atoms with van der Waals surface area (Å²) in [5.74, 6) is 1.23. The van der Waals surface area contributed by atoms with Gasteiger partial charge < -0.3 is 4.74 Å². The van der Waals surface area contributed by atoms with Gasteiger partial charge in [0, 0.05) is 5.92 Å². The average Bonchev–Trinajstić information content (AvgIpc) is 3.00. The maximum absolute atomic E-state index is 12.4.